The highest BCUT2D eigenvalue weighted by Crippen LogP contribution is 2.31. The number of para-hydroxylation sites is 1. The minimum atomic E-state index is 0.556. The van der Waals surface area contributed by atoms with Crippen LogP contribution in [0.3, 0.4) is 0 Å². The van der Waals surface area contributed by atoms with Crippen molar-refractivity contribution in [2.45, 2.75) is 10.1 Å². The third-order valence-electron chi connectivity index (χ3n) is 3.09. The zero-order valence-corrected chi connectivity index (χ0v) is 13.1. The molecule has 4 rings (SSSR count). The molecule has 0 saturated heterocycles. The Morgan fingerprint density at radius 2 is 1.77 bits per heavy atom. The number of fused-ring (bicyclic) bond motifs is 1. The first-order chi connectivity index (χ1) is 10.9. The van der Waals surface area contributed by atoms with Gasteiger partial charge in [0.1, 0.15) is 0 Å². The van der Waals surface area contributed by atoms with Gasteiger partial charge < -0.3 is 4.52 Å². The van der Waals surface area contributed by atoms with E-state index in [0.717, 1.165) is 15.4 Å². The number of hydrogen-bond acceptors (Lipinski definition) is 6. The normalized spacial score (nSPS) is 11.1. The summed E-state index contributed by atoms with van der Waals surface area (Å²) in [5.74, 6) is 1.89. The van der Waals surface area contributed by atoms with E-state index in [1.54, 1.807) is 23.1 Å². The molecule has 4 nitrogen and oxygen atoms in total. The Hall–Kier alpha value is -2.18. The van der Waals surface area contributed by atoms with Gasteiger partial charge >= 0.3 is 0 Å². The summed E-state index contributed by atoms with van der Waals surface area (Å²) in [4.78, 5) is 9.02. The van der Waals surface area contributed by atoms with Crippen LogP contribution in [0, 0.1) is 0 Å². The summed E-state index contributed by atoms with van der Waals surface area (Å²) in [5, 5.41) is 4.03. The highest BCUT2D eigenvalue weighted by molar-refractivity contribution is 8.00. The molecule has 6 heteroatoms. The van der Waals surface area contributed by atoms with E-state index < -0.39 is 0 Å². The van der Waals surface area contributed by atoms with Crippen molar-refractivity contribution in [2.24, 2.45) is 0 Å². The molecule has 108 valence electrons. The summed E-state index contributed by atoms with van der Waals surface area (Å²) in [7, 11) is 0. The molecule has 0 unspecified atom stereocenters. The lowest BCUT2D eigenvalue weighted by Crippen LogP contribution is -1.83. The molecule has 0 aliphatic rings. The van der Waals surface area contributed by atoms with Crippen LogP contribution in [0.1, 0.15) is 5.82 Å². The summed E-state index contributed by atoms with van der Waals surface area (Å²) in [6.45, 7) is 0. The Bertz CT molecular complexity index is 869. The predicted molar refractivity (Wildman–Crippen MR) is 88.9 cm³/mol. The van der Waals surface area contributed by atoms with Crippen LogP contribution in [0.5, 0.6) is 0 Å². The van der Waals surface area contributed by atoms with Crippen molar-refractivity contribution >= 4 is 33.3 Å². The average Bonchev–Trinajstić information content (AvgIpc) is 3.20. The van der Waals surface area contributed by atoms with Crippen LogP contribution in [0.15, 0.2) is 63.5 Å². The zero-order chi connectivity index (χ0) is 14.8. The summed E-state index contributed by atoms with van der Waals surface area (Å²) in [6, 6.07) is 17.9. The molecule has 0 N–H and O–H groups in total. The van der Waals surface area contributed by atoms with E-state index >= 15 is 0 Å². The average molecular weight is 325 g/mol. The van der Waals surface area contributed by atoms with E-state index in [1.807, 2.05) is 48.5 Å². The first-order valence-corrected chi connectivity index (χ1v) is 8.55. The summed E-state index contributed by atoms with van der Waals surface area (Å²) in [5.41, 5.74) is 1.97. The monoisotopic (exact) mass is 325 g/mol. The maximum absolute atomic E-state index is 5.31. The highest BCUT2D eigenvalue weighted by atomic mass is 32.2. The molecule has 4 aromatic rings. The zero-order valence-electron chi connectivity index (χ0n) is 11.5. The number of thioether (sulfide) groups is 1. The highest BCUT2D eigenvalue weighted by Gasteiger charge is 2.10. The molecule has 2 aromatic heterocycles. The second-order valence-corrected chi connectivity index (χ2v) is 6.87. The van der Waals surface area contributed by atoms with Gasteiger partial charge in [0.05, 0.1) is 16.0 Å². The van der Waals surface area contributed by atoms with Crippen molar-refractivity contribution < 1.29 is 4.52 Å². The minimum absolute atomic E-state index is 0.556. The number of aromatic nitrogens is 3. The largest absolute Gasteiger partial charge is 0.334 e. The molecule has 0 spiro atoms. The fourth-order valence-corrected chi connectivity index (χ4v) is 3.96. The van der Waals surface area contributed by atoms with Crippen molar-refractivity contribution in [3.63, 3.8) is 0 Å². The van der Waals surface area contributed by atoms with E-state index in [1.165, 1.54) is 4.70 Å². The molecule has 0 radical (unpaired) electrons. The summed E-state index contributed by atoms with van der Waals surface area (Å²) >= 11 is 3.32. The molecule has 0 bridgehead atoms. The molecular formula is C16H11N3OS2. The minimum Gasteiger partial charge on any atom is -0.334 e. The van der Waals surface area contributed by atoms with Crippen LogP contribution >= 0.6 is 23.1 Å². The van der Waals surface area contributed by atoms with Gasteiger partial charge in [-0.15, -0.1) is 11.3 Å². The molecular weight excluding hydrogens is 314 g/mol. The SMILES string of the molecule is c1ccc(-c2nc(CSc3nc4ccccc4s3)no2)cc1. The lowest BCUT2D eigenvalue weighted by Gasteiger charge is -1.91. The van der Waals surface area contributed by atoms with E-state index in [-0.39, 0.29) is 0 Å². The van der Waals surface area contributed by atoms with E-state index in [0.29, 0.717) is 17.5 Å². The van der Waals surface area contributed by atoms with Crippen molar-refractivity contribution in [3.8, 4) is 11.5 Å². The topological polar surface area (TPSA) is 51.8 Å². The lowest BCUT2D eigenvalue weighted by atomic mass is 10.2. The van der Waals surface area contributed by atoms with Gasteiger partial charge in [0, 0.05) is 5.56 Å². The molecule has 0 aliphatic carbocycles. The Labute approximate surface area is 135 Å². The molecule has 0 atom stereocenters. The number of rotatable bonds is 4. The Kier molecular flexibility index (Phi) is 3.62. The molecule has 0 saturated carbocycles. The Morgan fingerprint density at radius 3 is 2.64 bits per heavy atom. The van der Waals surface area contributed by atoms with Gasteiger partial charge in [0.2, 0.25) is 0 Å². The third kappa shape index (κ3) is 2.75. The number of thiazole rings is 1. The fourth-order valence-electron chi connectivity index (χ4n) is 2.05. The van der Waals surface area contributed by atoms with Crippen molar-refractivity contribution in [1.29, 1.82) is 0 Å². The van der Waals surface area contributed by atoms with E-state index in [2.05, 4.69) is 21.2 Å². The van der Waals surface area contributed by atoms with Crippen molar-refractivity contribution in [1.82, 2.24) is 15.1 Å². The maximum atomic E-state index is 5.31. The second kappa shape index (κ2) is 5.90. The van der Waals surface area contributed by atoms with Crippen LogP contribution in [0.2, 0.25) is 0 Å². The van der Waals surface area contributed by atoms with Crippen LogP contribution in [0.4, 0.5) is 0 Å². The number of benzene rings is 2. The van der Waals surface area contributed by atoms with Gasteiger partial charge in [0.15, 0.2) is 10.2 Å². The second-order valence-electron chi connectivity index (χ2n) is 4.62. The van der Waals surface area contributed by atoms with Gasteiger partial charge in [0.25, 0.3) is 5.89 Å². The smallest absolute Gasteiger partial charge is 0.257 e. The molecule has 0 amide bonds. The first-order valence-electron chi connectivity index (χ1n) is 6.75. The quantitative estimate of drug-likeness (QED) is 0.512. The molecule has 2 aromatic carbocycles. The van der Waals surface area contributed by atoms with Crippen LogP contribution in [-0.4, -0.2) is 15.1 Å². The van der Waals surface area contributed by atoms with Crippen molar-refractivity contribution in [3.05, 3.63) is 60.4 Å². The van der Waals surface area contributed by atoms with Gasteiger partial charge in [-0.25, -0.2) is 4.98 Å². The number of hydrogen-bond donors (Lipinski definition) is 0. The molecule has 0 aliphatic heterocycles. The van der Waals surface area contributed by atoms with Crippen LogP contribution < -0.4 is 0 Å². The first kappa shape index (κ1) is 13.5. The Balaban J connectivity index is 1.49. The van der Waals surface area contributed by atoms with Gasteiger partial charge in [-0.2, -0.15) is 4.98 Å². The predicted octanol–water partition coefficient (Wildman–Crippen LogP) is 4.64. The lowest BCUT2D eigenvalue weighted by molar-refractivity contribution is 0.425. The molecule has 22 heavy (non-hydrogen) atoms. The summed E-state index contributed by atoms with van der Waals surface area (Å²) in [6.07, 6.45) is 0. The van der Waals surface area contributed by atoms with Gasteiger partial charge in [-0.3, -0.25) is 0 Å². The van der Waals surface area contributed by atoms with E-state index in [4.69, 9.17) is 4.52 Å². The number of nitrogens with zero attached hydrogens (tertiary/aromatic N) is 3. The van der Waals surface area contributed by atoms with Crippen LogP contribution in [-0.2, 0) is 5.75 Å². The van der Waals surface area contributed by atoms with Gasteiger partial charge in [-0.05, 0) is 24.3 Å². The standard InChI is InChI=1S/C16H11N3OS2/c1-2-6-11(7-3-1)15-18-14(19-20-15)10-21-16-17-12-8-4-5-9-13(12)22-16/h1-9H,10H2. The maximum Gasteiger partial charge on any atom is 0.257 e. The third-order valence-corrected chi connectivity index (χ3v) is 5.26. The van der Waals surface area contributed by atoms with Gasteiger partial charge in [-0.1, -0.05) is 47.3 Å². The molecule has 0 fully saturated rings. The fraction of sp³-hybridized carbons (Fsp3) is 0.0625. The van der Waals surface area contributed by atoms with Crippen molar-refractivity contribution in [2.75, 3.05) is 0 Å². The van der Waals surface area contributed by atoms with E-state index in [9.17, 15) is 0 Å². The molecule has 2 heterocycles. The summed E-state index contributed by atoms with van der Waals surface area (Å²) < 4.78 is 7.52. The Morgan fingerprint density at radius 1 is 0.955 bits per heavy atom. The van der Waals surface area contributed by atoms with Crippen LogP contribution in [0.25, 0.3) is 21.7 Å².